The number of allylic oxidation sites excluding steroid dienone is 4. The molecule has 0 saturated heterocycles. The molecule has 5 nitrogen and oxygen atoms in total. The average molecular weight is 334 g/mol. The molecule has 1 aliphatic rings. The van der Waals surface area contributed by atoms with E-state index in [4.69, 9.17) is 0 Å². The number of Topliss-reactive ketones (excluding diaryl/α,β-unsaturated/α-hetero) is 1. The van der Waals surface area contributed by atoms with Gasteiger partial charge in [0.2, 0.25) is 9.84 Å². The largest absolute Gasteiger partial charge is 0.468 e. The molecule has 0 heterocycles. The van der Waals surface area contributed by atoms with Crippen LogP contribution in [-0.2, 0) is 24.2 Å². The van der Waals surface area contributed by atoms with Crippen LogP contribution >= 0.6 is 0 Å². The number of methoxy groups -OCH3 is 1. The van der Waals surface area contributed by atoms with Gasteiger partial charge in [0.25, 0.3) is 0 Å². The molecule has 1 aliphatic carbocycles. The number of esters is 1. The number of hydrogen-bond donors (Lipinski definition) is 0. The van der Waals surface area contributed by atoms with Crippen LogP contribution in [0.1, 0.15) is 13.3 Å². The zero-order valence-electron chi connectivity index (χ0n) is 12.9. The molecule has 0 saturated carbocycles. The number of benzene rings is 1. The summed E-state index contributed by atoms with van der Waals surface area (Å²) in [5.41, 5.74) is 0. The first-order chi connectivity index (χ1) is 10.9. The number of hydrogen-bond acceptors (Lipinski definition) is 5. The van der Waals surface area contributed by atoms with Crippen molar-refractivity contribution in [3.8, 4) is 0 Å². The molecule has 0 amide bonds. The highest BCUT2D eigenvalue weighted by molar-refractivity contribution is 7.95. The van der Waals surface area contributed by atoms with Crippen LogP contribution in [0.2, 0.25) is 0 Å². The Morgan fingerprint density at radius 3 is 2.43 bits per heavy atom. The highest BCUT2D eigenvalue weighted by Gasteiger charge is 2.35. The highest BCUT2D eigenvalue weighted by atomic mass is 32.2. The van der Waals surface area contributed by atoms with Crippen molar-refractivity contribution in [2.45, 2.75) is 18.2 Å². The van der Waals surface area contributed by atoms with Crippen LogP contribution in [-0.4, -0.2) is 27.3 Å². The lowest BCUT2D eigenvalue weighted by Gasteiger charge is -2.23. The fraction of sp³-hybridized carbons (Fsp3) is 0.294. The minimum Gasteiger partial charge on any atom is -0.468 e. The molecule has 0 N–H and O–H groups in total. The molecule has 2 unspecified atom stereocenters. The van der Waals surface area contributed by atoms with Crippen LogP contribution in [0, 0.1) is 11.8 Å². The van der Waals surface area contributed by atoms with Crippen molar-refractivity contribution in [2.75, 3.05) is 7.11 Å². The van der Waals surface area contributed by atoms with E-state index in [0.29, 0.717) is 0 Å². The number of ether oxygens (including phenoxy) is 1. The van der Waals surface area contributed by atoms with Crippen LogP contribution in [0.3, 0.4) is 0 Å². The van der Waals surface area contributed by atoms with Crippen molar-refractivity contribution in [1.82, 2.24) is 0 Å². The first kappa shape index (κ1) is 17.1. The third-order valence-corrected chi connectivity index (χ3v) is 5.68. The lowest BCUT2D eigenvalue weighted by molar-refractivity contribution is -0.150. The van der Waals surface area contributed by atoms with E-state index in [9.17, 15) is 18.0 Å². The predicted octanol–water partition coefficient (Wildman–Crippen LogP) is 2.30. The normalized spacial score (nSPS) is 18.9. The maximum Gasteiger partial charge on any atom is 0.316 e. The van der Waals surface area contributed by atoms with Crippen molar-refractivity contribution in [1.29, 1.82) is 0 Å². The van der Waals surface area contributed by atoms with Crippen LogP contribution in [0.15, 0.2) is 58.4 Å². The molecule has 1 aromatic rings. The van der Waals surface area contributed by atoms with E-state index in [-0.39, 0.29) is 22.0 Å². The van der Waals surface area contributed by atoms with Gasteiger partial charge in [-0.1, -0.05) is 30.4 Å². The average Bonchev–Trinajstić information content (AvgIpc) is 2.55. The molecule has 1 aromatic carbocycles. The van der Waals surface area contributed by atoms with Gasteiger partial charge in [-0.2, -0.15) is 0 Å². The standard InChI is InChI=1S/C17H18O5S/c1-12(18)16(17(19)22-2)13-7-6-10-15(11-13)23(20,21)14-8-4-3-5-9-14/h3-10,13,16H,11H2,1-2H3. The Balaban J connectivity index is 2.31. The Hall–Kier alpha value is -2.21. The van der Waals surface area contributed by atoms with E-state index in [1.165, 1.54) is 32.2 Å². The molecule has 23 heavy (non-hydrogen) atoms. The van der Waals surface area contributed by atoms with Gasteiger partial charge >= 0.3 is 5.97 Å². The summed E-state index contributed by atoms with van der Waals surface area (Å²) in [5, 5.41) is 0. The first-order valence-corrected chi connectivity index (χ1v) is 8.62. The molecule has 0 bridgehead atoms. The van der Waals surface area contributed by atoms with Crippen molar-refractivity contribution in [2.24, 2.45) is 11.8 Å². The van der Waals surface area contributed by atoms with E-state index in [1.54, 1.807) is 30.4 Å². The molecule has 0 aliphatic heterocycles. The molecular formula is C17H18O5S. The van der Waals surface area contributed by atoms with Crippen LogP contribution in [0.25, 0.3) is 0 Å². The summed E-state index contributed by atoms with van der Waals surface area (Å²) < 4.78 is 30.0. The third-order valence-electron chi connectivity index (χ3n) is 3.80. The smallest absolute Gasteiger partial charge is 0.316 e. The predicted molar refractivity (Wildman–Crippen MR) is 85.1 cm³/mol. The molecule has 2 rings (SSSR count). The molecular weight excluding hydrogens is 316 g/mol. The number of rotatable bonds is 5. The summed E-state index contributed by atoms with van der Waals surface area (Å²) in [5.74, 6) is -2.51. The molecule has 2 atom stereocenters. The molecule has 0 fully saturated rings. The Morgan fingerprint density at radius 2 is 1.87 bits per heavy atom. The summed E-state index contributed by atoms with van der Waals surface area (Å²) in [4.78, 5) is 24.0. The fourth-order valence-corrected chi connectivity index (χ4v) is 4.11. The summed E-state index contributed by atoms with van der Waals surface area (Å²) in [7, 11) is -2.43. The van der Waals surface area contributed by atoms with E-state index in [1.807, 2.05) is 0 Å². The fourth-order valence-electron chi connectivity index (χ4n) is 2.62. The van der Waals surface area contributed by atoms with Crippen molar-refractivity contribution >= 4 is 21.6 Å². The summed E-state index contributed by atoms with van der Waals surface area (Å²) in [6.45, 7) is 1.30. The van der Waals surface area contributed by atoms with Crippen molar-refractivity contribution in [3.05, 3.63) is 53.5 Å². The quantitative estimate of drug-likeness (QED) is 0.610. The zero-order chi connectivity index (χ0) is 17.0. The molecule has 122 valence electrons. The summed E-state index contributed by atoms with van der Waals surface area (Å²) in [6.07, 6.45) is 4.84. The lowest BCUT2D eigenvalue weighted by Crippen LogP contribution is -2.31. The van der Waals surface area contributed by atoms with E-state index in [2.05, 4.69) is 4.74 Å². The third kappa shape index (κ3) is 3.59. The Morgan fingerprint density at radius 1 is 1.22 bits per heavy atom. The Bertz CT molecular complexity index is 759. The van der Waals surface area contributed by atoms with Gasteiger partial charge in [0.05, 0.1) is 12.0 Å². The van der Waals surface area contributed by atoms with Crippen molar-refractivity contribution in [3.63, 3.8) is 0 Å². The lowest BCUT2D eigenvalue weighted by atomic mass is 9.84. The summed E-state index contributed by atoms with van der Waals surface area (Å²) >= 11 is 0. The number of ketones is 1. The maximum atomic E-state index is 12.7. The van der Waals surface area contributed by atoms with Gasteiger partial charge in [-0.15, -0.1) is 0 Å². The topological polar surface area (TPSA) is 77.5 Å². The number of carbonyl (C=O) groups is 2. The minimum absolute atomic E-state index is 0.0904. The van der Waals surface area contributed by atoms with Crippen LogP contribution in [0.4, 0.5) is 0 Å². The monoisotopic (exact) mass is 334 g/mol. The minimum atomic E-state index is -3.64. The molecule has 0 aromatic heterocycles. The second-order valence-corrected chi connectivity index (χ2v) is 7.32. The number of sulfone groups is 1. The van der Waals surface area contributed by atoms with E-state index >= 15 is 0 Å². The Kier molecular flexibility index (Phi) is 5.15. The van der Waals surface area contributed by atoms with Gasteiger partial charge in [-0.3, -0.25) is 9.59 Å². The van der Waals surface area contributed by atoms with Gasteiger partial charge < -0.3 is 4.74 Å². The SMILES string of the molecule is COC(=O)C(C(C)=O)C1C=CC=C(S(=O)(=O)c2ccccc2)C1. The van der Waals surface area contributed by atoms with Gasteiger partial charge in [-0.05, 0) is 31.6 Å². The first-order valence-electron chi connectivity index (χ1n) is 7.13. The van der Waals surface area contributed by atoms with Gasteiger partial charge in [-0.25, -0.2) is 8.42 Å². The molecule has 0 radical (unpaired) electrons. The van der Waals surface area contributed by atoms with Gasteiger partial charge in [0, 0.05) is 10.8 Å². The van der Waals surface area contributed by atoms with Crippen molar-refractivity contribution < 1.29 is 22.7 Å². The molecule has 0 spiro atoms. The highest BCUT2D eigenvalue weighted by Crippen LogP contribution is 2.32. The summed E-state index contributed by atoms with van der Waals surface area (Å²) in [6, 6.07) is 8.07. The Labute approximate surface area is 135 Å². The second kappa shape index (κ2) is 6.91. The zero-order valence-corrected chi connectivity index (χ0v) is 13.7. The maximum absolute atomic E-state index is 12.7. The second-order valence-electron chi connectivity index (χ2n) is 5.31. The van der Waals surface area contributed by atoms with E-state index < -0.39 is 27.6 Å². The van der Waals surface area contributed by atoms with Gasteiger partial charge in [0.1, 0.15) is 11.7 Å². The van der Waals surface area contributed by atoms with Crippen LogP contribution < -0.4 is 0 Å². The van der Waals surface area contributed by atoms with Crippen LogP contribution in [0.5, 0.6) is 0 Å². The molecule has 6 heteroatoms. The number of carbonyl (C=O) groups excluding carboxylic acids is 2. The van der Waals surface area contributed by atoms with Gasteiger partial charge in [0.15, 0.2) is 0 Å². The van der Waals surface area contributed by atoms with E-state index in [0.717, 1.165) is 0 Å².